The molecule has 0 aliphatic rings. The minimum atomic E-state index is -0.771. The van der Waals surface area contributed by atoms with Crippen molar-refractivity contribution in [2.45, 2.75) is 39.7 Å². The van der Waals surface area contributed by atoms with E-state index < -0.39 is 12.0 Å². The number of esters is 1. The van der Waals surface area contributed by atoms with E-state index in [4.69, 9.17) is 4.74 Å². The van der Waals surface area contributed by atoms with Gasteiger partial charge in [0.15, 0.2) is 0 Å². The number of benzene rings is 1. The monoisotopic (exact) mass is 388 g/mol. The molecule has 3 rings (SSSR count). The van der Waals surface area contributed by atoms with Crippen LogP contribution in [-0.4, -0.2) is 22.1 Å². The summed E-state index contributed by atoms with van der Waals surface area (Å²) in [5.74, 6) is -0.795. The summed E-state index contributed by atoms with van der Waals surface area (Å²) in [5.41, 5.74) is 1.17. The zero-order valence-corrected chi connectivity index (χ0v) is 16.3. The quantitative estimate of drug-likeness (QED) is 0.461. The molecule has 0 bridgehead atoms. The Labute approximate surface area is 160 Å². The second-order valence-electron chi connectivity index (χ2n) is 6.37. The molecule has 0 N–H and O–H groups in total. The predicted molar refractivity (Wildman–Crippen MR) is 105 cm³/mol. The van der Waals surface area contributed by atoms with E-state index >= 15 is 0 Å². The highest BCUT2D eigenvalue weighted by molar-refractivity contribution is 7.19. The van der Waals surface area contributed by atoms with E-state index in [2.05, 4.69) is 4.98 Å². The van der Waals surface area contributed by atoms with Crippen LogP contribution in [0, 0.1) is 12.7 Å². The molecule has 0 fully saturated rings. The number of carbonyl (C=O) groups is 1. The van der Waals surface area contributed by atoms with Crippen LogP contribution in [0.3, 0.4) is 0 Å². The molecule has 1 aromatic carbocycles. The van der Waals surface area contributed by atoms with Crippen molar-refractivity contribution in [3.05, 3.63) is 51.6 Å². The Kier molecular flexibility index (Phi) is 5.70. The van der Waals surface area contributed by atoms with Crippen LogP contribution in [-0.2, 0) is 9.53 Å². The molecule has 7 heteroatoms. The van der Waals surface area contributed by atoms with Crippen LogP contribution < -0.4 is 5.56 Å². The third-order valence-electron chi connectivity index (χ3n) is 4.45. The van der Waals surface area contributed by atoms with Gasteiger partial charge in [-0.25, -0.2) is 14.2 Å². The lowest BCUT2D eigenvalue weighted by atomic mass is 10.0. The van der Waals surface area contributed by atoms with Gasteiger partial charge >= 0.3 is 5.97 Å². The maximum absolute atomic E-state index is 13.3. The summed E-state index contributed by atoms with van der Waals surface area (Å²) in [6, 6.07) is 5.24. The van der Waals surface area contributed by atoms with Crippen LogP contribution in [0.5, 0.6) is 0 Å². The van der Waals surface area contributed by atoms with E-state index in [1.807, 2.05) is 13.8 Å². The van der Waals surface area contributed by atoms with Crippen LogP contribution in [0.1, 0.15) is 37.6 Å². The minimum absolute atomic E-state index is 0.302. The number of rotatable bonds is 6. The number of hydrogen-bond acceptors (Lipinski definition) is 5. The molecular weight excluding hydrogens is 367 g/mol. The highest BCUT2D eigenvalue weighted by atomic mass is 32.1. The first-order valence-electron chi connectivity index (χ1n) is 8.86. The lowest BCUT2D eigenvalue weighted by Crippen LogP contribution is -2.29. The van der Waals surface area contributed by atoms with Gasteiger partial charge in [0.05, 0.1) is 18.3 Å². The van der Waals surface area contributed by atoms with Crippen molar-refractivity contribution >= 4 is 27.5 Å². The standard InChI is InChI=1S/C20H21FN2O3S/c1-4-5-10-26-20(25)12(2)23-11-22-18-17(19(23)24)16(13(3)27-18)14-6-8-15(21)9-7-14/h6-9,11-12H,4-5,10H2,1-3H3. The van der Waals surface area contributed by atoms with Gasteiger partial charge < -0.3 is 4.74 Å². The first kappa shape index (κ1) is 19.2. The third kappa shape index (κ3) is 3.78. The number of fused-ring (bicyclic) bond motifs is 1. The van der Waals surface area contributed by atoms with Crippen LogP contribution in [0.25, 0.3) is 21.3 Å². The molecule has 5 nitrogen and oxygen atoms in total. The molecule has 27 heavy (non-hydrogen) atoms. The summed E-state index contributed by atoms with van der Waals surface area (Å²) >= 11 is 1.40. The molecule has 0 saturated carbocycles. The molecule has 0 aliphatic heterocycles. The van der Waals surface area contributed by atoms with Crippen molar-refractivity contribution in [1.29, 1.82) is 0 Å². The van der Waals surface area contributed by atoms with E-state index in [1.54, 1.807) is 19.1 Å². The Hall–Kier alpha value is -2.54. The van der Waals surface area contributed by atoms with Crippen LogP contribution in [0.15, 0.2) is 35.4 Å². The van der Waals surface area contributed by atoms with Crippen molar-refractivity contribution in [1.82, 2.24) is 9.55 Å². The summed E-state index contributed by atoms with van der Waals surface area (Å²) in [4.78, 5) is 31.3. The molecule has 0 saturated heterocycles. The molecule has 0 aliphatic carbocycles. The van der Waals surface area contributed by atoms with Crippen molar-refractivity contribution in [3.8, 4) is 11.1 Å². The molecule has 3 aromatic rings. The molecule has 142 valence electrons. The zero-order valence-electron chi connectivity index (χ0n) is 15.5. The largest absolute Gasteiger partial charge is 0.464 e. The summed E-state index contributed by atoms with van der Waals surface area (Å²) in [6.07, 6.45) is 3.09. The number of aryl methyl sites for hydroxylation is 1. The first-order valence-corrected chi connectivity index (χ1v) is 9.68. The normalized spacial score (nSPS) is 12.3. The maximum atomic E-state index is 13.3. The van der Waals surface area contributed by atoms with E-state index in [1.165, 1.54) is 34.4 Å². The number of aromatic nitrogens is 2. The fourth-order valence-electron chi connectivity index (χ4n) is 2.91. The second kappa shape index (κ2) is 8.00. The van der Waals surface area contributed by atoms with Gasteiger partial charge in [0, 0.05) is 10.4 Å². The summed E-state index contributed by atoms with van der Waals surface area (Å²) in [5, 5.41) is 0.444. The first-order chi connectivity index (χ1) is 12.9. The predicted octanol–water partition coefficient (Wildman–Crippen LogP) is 4.48. The molecule has 2 heterocycles. The molecule has 1 unspecified atom stereocenters. The van der Waals surface area contributed by atoms with Gasteiger partial charge in [0.2, 0.25) is 0 Å². The second-order valence-corrected chi connectivity index (χ2v) is 7.58. The van der Waals surface area contributed by atoms with Gasteiger partial charge in [-0.05, 0) is 38.0 Å². The highest BCUT2D eigenvalue weighted by Crippen LogP contribution is 2.35. The van der Waals surface area contributed by atoms with Gasteiger partial charge in [0.1, 0.15) is 16.7 Å². The van der Waals surface area contributed by atoms with Crippen molar-refractivity contribution in [2.24, 2.45) is 0 Å². The SMILES string of the molecule is CCCCOC(=O)C(C)n1cnc2sc(C)c(-c3ccc(F)cc3)c2c1=O. The molecule has 0 spiro atoms. The molecule has 0 amide bonds. The number of ether oxygens (including phenoxy) is 1. The average molecular weight is 388 g/mol. The fourth-order valence-corrected chi connectivity index (χ4v) is 3.91. The van der Waals surface area contributed by atoms with Crippen LogP contribution in [0.2, 0.25) is 0 Å². The Balaban J connectivity index is 2.06. The Morgan fingerprint density at radius 3 is 2.70 bits per heavy atom. The summed E-state index contributed by atoms with van der Waals surface area (Å²) in [7, 11) is 0. The Bertz CT molecular complexity index is 1020. The third-order valence-corrected chi connectivity index (χ3v) is 5.46. The van der Waals surface area contributed by atoms with E-state index in [0.29, 0.717) is 16.8 Å². The van der Waals surface area contributed by atoms with E-state index in [9.17, 15) is 14.0 Å². The topological polar surface area (TPSA) is 61.2 Å². The minimum Gasteiger partial charge on any atom is -0.464 e. The number of hydrogen-bond donors (Lipinski definition) is 0. The van der Waals surface area contributed by atoms with Gasteiger partial charge in [-0.3, -0.25) is 9.36 Å². The van der Waals surface area contributed by atoms with Crippen molar-refractivity contribution in [2.75, 3.05) is 6.61 Å². The highest BCUT2D eigenvalue weighted by Gasteiger charge is 2.22. The van der Waals surface area contributed by atoms with Crippen molar-refractivity contribution in [3.63, 3.8) is 0 Å². The maximum Gasteiger partial charge on any atom is 0.328 e. The Morgan fingerprint density at radius 2 is 2.04 bits per heavy atom. The molecule has 0 radical (unpaired) electrons. The van der Waals surface area contributed by atoms with Crippen LogP contribution in [0.4, 0.5) is 4.39 Å². The lowest BCUT2D eigenvalue weighted by Gasteiger charge is -2.14. The number of unbranched alkanes of at least 4 members (excludes halogenated alkanes) is 1. The van der Waals surface area contributed by atoms with Gasteiger partial charge in [-0.1, -0.05) is 25.5 Å². The summed E-state index contributed by atoms with van der Waals surface area (Å²) < 4.78 is 19.8. The number of thiophene rings is 1. The van der Waals surface area contributed by atoms with Gasteiger partial charge in [-0.2, -0.15) is 0 Å². The average Bonchev–Trinajstić information content (AvgIpc) is 2.99. The van der Waals surface area contributed by atoms with E-state index in [0.717, 1.165) is 28.8 Å². The zero-order chi connectivity index (χ0) is 19.6. The number of halogens is 1. The fraction of sp³-hybridized carbons (Fsp3) is 0.350. The smallest absolute Gasteiger partial charge is 0.328 e. The number of carbonyl (C=O) groups excluding carboxylic acids is 1. The molecular formula is C20H21FN2O3S. The molecule has 2 aromatic heterocycles. The Morgan fingerprint density at radius 1 is 1.33 bits per heavy atom. The van der Waals surface area contributed by atoms with E-state index in [-0.39, 0.29) is 11.4 Å². The van der Waals surface area contributed by atoms with Crippen molar-refractivity contribution < 1.29 is 13.9 Å². The summed E-state index contributed by atoms with van der Waals surface area (Å²) in [6.45, 7) is 5.87. The van der Waals surface area contributed by atoms with Gasteiger partial charge in [-0.15, -0.1) is 11.3 Å². The number of nitrogens with zero attached hydrogens (tertiary/aromatic N) is 2. The lowest BCUT2D eigenvalue weighted by molar-refractivity contribution is -0.147. The van der Waals surface area contributed by atoms with Crippen LogP contribution >= 0.6 is 11.3 Å². The van der Waals surface area contributed by atoms with Gasteiger partial charge in [0.25, 0.3) is 5.56 Å². The molecule has 1 atom stereocenters.